The molecule has 3 aromatic carbocycles. The van der Waals surface area contributed by atoms with E-state index in [4.69, 9.17) is 21.4 Å². The fourth-order valence-corrected chi connectivity index (χ4v) is 4.37. The third-order valence-electron chi connectivity index (χ3n) is 6.45. The van der Waals surface area contributed by atoms with Crippen molar-refractivity contribution in [1.82, 2.24) is 14.7 Å². The lowest BCUT2D eigenvalue weighted by Gasteiger charge is -2.23. The molecule has 0 saturated heterocycles. The third kappa shape index (κ3) is 5.24. The number of carbonyl (C=O) groups excluding carboxylic acids is 2. The van der Waals surface area contributed by atoms with Crippen LogP contribution in [0.15, 0.2) is 102 Å². The third-order valence-corrected chi connectivity index (χ3v) is 6.71. The minimum absolute atomic E-state index is 0.0532. The van der Waals surface area contributed by atoms with Crippen molar-refractivity contribution in [2.75, 3.05) is 7.05 Å². The van der Waals surface area contributed by atoms with Crippen LogP contribution in [0.4, 0.5) is 0 Å². The van der Waals surface area contributed by atoms with E-state index >= 15 is 0 Å². The molecule has 0 radical (unpaired) electrons. The van der Waals surface area contributed by atoms with Gasteiger partial charge in [-0.05, 0) is 72.7 Å². The topological polar surface area (TPSA) is 88.2 Å². The SMILES string of the molecule is CC1=C(C#N)C(=O)N(C)C(=O)/C1=C\c1cn(-c2ccccc2)nc1-c1ccc(OCc2ccc(Cl)cc2)cc1. The number of hydrogen-bond donors (Lipinski definition) is 0. The molecule has 1 aromatic heterocycles. The summed E-state index contributed by atoms with van der Waals surface area (Å²) in [7, 11) is 1.37. The maximum Gasteiger partial charge on any atom is 0.271 e. The summed E-state index contributed by atoms with van der Waals surface area (Å²) in [6, 6.07) is 26.5. The van der Waals surface area contributed by atoms with Gasteiger partial charge in [0, 0.05) is 35.0 Å². The summed E-state index contributed by atoms with van der Waals surface area (Å²) < 4.78 is 7.66. The highest BCUT2D eigenvalue weighted by atomic mass is 35.5. The van der Waals surface area contributed by atoms with E-state index < -0.39 is 11.8 Å². The molecule has 0 atom stereocenters. The normalized spacial score (nSPS) is 14.6. The molecule has 1 aliphatic rings. The molecule has 192 valence electrons. The van der Waals surface area contributed by atoms with Crippen LogP contribution in [0.3, 0.4) is 0 Å². The van der Waals surface area contributed by atoms with Gasteiger partial charge in [0.05, 0.1) is 11.4 Å². The van der Waals surface area contributed by atoms with Crippen LogP contribution in [-0.2, 0) is 16.2 Å². The average Bonchev–Trinajstić information content (AvgIpc) is 3.39. The van der Waals surface area contributed by atoms with E-state index in [9.17, 15) is 14.9 Å². The number of benzene rings is 3. The van der Waals surface area contributed by atoms with Crippen molar-refractivity contribution in [3.8, 4) is 28.8 Å². The number of likely N-dealkylation sites (N-methyl/N-ethyl adjacent to an activating group) is 1. The van der Waals surface area contributed by atoms with E-state index in [1.807, 2.05) is 91.1 Å². The number of para-hydroxylation sites is 1. The van der Waals surface area contributed by atoms with Crippen molar-refractivity contribution < 1.29 is 14.3 Å². The molecule has 4 aromatic rings. The monoisotopic (exact) mass is 534 g/mol. The highest BCUT2D eigenvalue weighted by Gasteiger charge is 2.33. The summed E-state index contributed by atoms with van der Waals surface area (Å²) in [4.78, 5) is 26.4. The molecule has 0 aliphatic carbocycles. The van der Waals surface area contributed by atoms with Gasteiger partial charge in [-0.3, -0.25) is 14.5 Å². The Labute approximate surface area is 230 Å². The van der Waals surface area contributed by atoms with Crippen LogP contribution in [0.25, 0.3) is 23.0 Å². The van der Waals surface area contributed by atoms with E-state index in [1.54, 1.807) is 17.7 Å². The molecule has 8 heteroatoms. The fourth-order valence-electron chi connectivity index (χ4n) is 4.24. The second kappa shape index (κ2) is 10.8. The largest absolute Gasteiger partial charge is 0.489 e. The summed E-state index contributed by atoms with van der Waals surface area (Å²) in [5, 5.41) is 15.0. The Morgan fingerprint density at radius 1 is 0.974 bits per heavy atom. The van der Waals surface area contributed by atoms with E-state index in [0.29, 0.717) is 34.2 Å². The first-order chi connectivity index (χ1) is 18.9. The zero-order valence-corrected chi connectivity index (χ0v) is 22.0. The molecule has 0 N–H and O–H groups in total. The summed E-state index contributed by atoms with van der Waals surface area (Å²) >= 11 is 5.96. The summed E-state index contributed by atoms with van der Waals surface area (Å²) in [5.74, 6) is -0.386. The van der Waals surface area contributed by atoms with E-state index in [1.165, 1.54) is 7.05 Å². The summed E-state index contributed by atoms with van der Waals surface area (Å²) in [6.45, 7) is 2.01. The lowest BCUT2D eigenvalue weighted by molar-refractivity contribution is -0.138. The first-order valence-corrected chi connectivity index (χ1v) is 12.5. The predicted octanol–water partition coefficient (Wildman–Crippen LogP) is 5.99. The fraction of sp³-hybridized carbons (Fsp3) is 0.0968. The van der Waals surface area contributed by atoms with Crippen molar-refractivity contribution in [2.24, 2.45) is 0 Å². The van der Waals surface area contributed by atoms with Crippen LogP contribution < -0.4 is 4.74 Å². The Balaban J connectivity index is 1.53. The molecule has 39 heavy (non-hydrogen) atoms. The second-order valence-electron chi connectivity index (χ2n) is 8.99. The van der Waals surface area contributed by atoms with Crippen LogP contribution in [0.2, 0.25) is 5.02 Å². The van der Waals surface area contributed by atoms with Crippen molar-refractivity contribution in [3.05, 3.63) is 118 Å². The van der Waals surface area contributed by atoms with E-state index in [-0.39, 0.29) is 11.1 Å². The Bertz CT molecular complexity index is 1660. The van der Waals surface area contributed by atoms with Crippen molar-refractivity contribution in [1.29, 1.82) is 5.26 Å². The average molecular weight is 535 g/mol. The van der Waals surface area contributed by atoms with Gasteiger partial charge in [-0.2, -0.15) is 10.4 Å². The van der Waals surface area contributed by atoms with Gasteiger partial charge in [0.1, 0.15) is 24.0 Å². The number of carbonyl (C=O) groups is 2. The van der Waals surface area contributed by atoms with E-state index in [0.717, 1.165) is 21.7 Å². The molecule has 7 nitrogen and oxygen atoms in total. The molecule has 5 rings (SSSR count). The Hall–Kier alpha value is -4.93. The van der Waals surface area contributed by atoms with Gasteiger partial charge in [0.25, 0.3) is 11.8 Å². The van der Waals surface area contributed by atoms with Crippen LogP contribution in [0.5, 0.6) is 5.75 Å². The molecule has 0 bridgehead atoms. The van der Waals surface area contributed by atoms with Gasteiger partial charge in [0.2, 0.25) is 0 Å². The smallest absolute Gasteiger partial charge is 0.271 e. The standard InChI is InChI=1S/C31H23ClN4O3/c1-20-27(30(37)35(2)31(38)28(20)17-33)16-23-18-36(25-6-4-3-5-7-25)34-29(23)22-10-14-26(15-11-22)39-19-21-8-12-24(32)13-9-21/h3-16,18H,19H2,1-2H3/b27-16-. The first-order valence-electron chi connectivity index (χ1n) is 12.1. The van der Waals surface area contributed by atoms with Gasteiger partial charge in [-0.1, -0.05) is 41.9 Å². The number of rotatable bonds is 6. The zero-order valence-electron chi connectivity index (χ0n) is 21.3. The van der Waals surface area contributed by atoms with Gasteiger partial charge < -0.3 is 4.74 Å². The Morgan fingerprint density at radius 2 is 1.67 bits per heavy atom. The Morgan fingerprint density at radius 3 is 2.33 bits per heavy atom. The minimum atomic E-state index is -0.605. The van der Waals surface area contributed by atoms with Crippen LogP contribution >= 0.6 is 11.6 Å². The number of imide groups is 1. The number of aromatic nitrogens is 2. The van der Waals surface area contributed by atoms with E-state index in [2.05, 4.69) is 0 Å². The first kappa shape index (κ1) is 25.7. The molecular formula is C31H23ClN4O3. The van der Waals surface area contributed by atoms with Gasteiger partial charge in [-0.15, -0.1) is 0 Å². The highest BCUT2D eigenvalue weighted by molar-refractivity contribution is 6.30. The molecule has 0 unspecified atom stereocenters. The number of halogens is 1. The van der Waals surface area contributed by atoms with Gasteiger partial charge in [-0.25, -0.2) is 4.68 Å². The number of amides is 2. The molecular weight excluding hydrogens is 512 g/mol. The van der Waals surface area contributed by atoms with Crippen molar-refractivity contribution in [2.45, 2.75) is 13.5 Å². The molecule has 0 spiro atoms. The lowest BCUT2D eigenvalue weighted by atomic mass is 9.93. The van der Waals surface area contributed by atoms with Gasteiger partial charge in [0.15, 0.2) is 0 Å². The van der Waals surface area contributed by atoms with Crippen molar-refractivity contribution in [3.63, 3.8) is 0 Å². The number of nitriles is 1. The van der Waals surface area contributed by atoms with Crippen LogP contribution in [0, 0.1) is 11.3 Å². The van der Waals surface area contributed by atoms with Crippen LogP contribution in [0.1, 0.15) is 18.1 Å². The molecule has 2 heterocycles. The Kier molecular flexibility index (Phi) is 7.13. The van der Waals surface area contributed by atoms with Crippen molar-refractivity contribution >= 4 is 29.5 Å². The lowest BCUT2D eigenvalue weighted by Crippen LogP contribution is -2.39. The van der Waals surface area contributed by atoms with Gasteiger partial charge >= 0.3 is 0 Å². The number of hydrogen-bond acceptors (Lipinski definition) is 5. The quantitative estimate of drug-likeness (QED) is 0.224. The zero-order chi connectivity index (χ0) is 27.5. The molecule has 0 saturated carbocycles. The molecule has 1 aliphatic heterocycles. The maximum atomic E-state index is 13.0. The molecule has 2 amide bonds. The minimum Gasteiger partial charge on any atom is -0.489 e. The molecule has 0 fully saturated rings. The number of ether oxygens (including phenoxy) is 1. The number of nitrogens with zero attached hydrogens (tertiary/aromatic N) is 4. The summed E-state index contributed by atoms with van der Waals surface area (Å²) in [5.41, 5.74) is 4.51. The predicted molar refractivity (Wildman–Crippen MR) is 149 cm³/mol. The summed E-state index contributed by atoms with van der Waals surface area (Å²) in [6.07, 6.45) is 3.51. The van der Waals surface area contributed by atoms with Crippen LogP contribution in [-0.4, -0.2) is 33.5 Å². The second-order valence-corrected chi connectivity index (χ2v) is 9.43. The maximum absolute atomic E-state index is 13.0. The highest BCUT2D eigenvalue weighted by Crippen LogP contribution is 2.31.